The lowest BCUT2D eigenvalue weighted by atomic mass is 9.85. The quantitative estimate of drug-likeness (QED) is 0.213. The van der Waals surface area contributed by atoms with Crippen LogP contribution in [0.5, 0.6) is 0 Å². The smallest absolute Gasteiger partial charge is 0.424 e. The number of rotatable bonds is 6. The third kappa shape index (κ3) is 8.26. The van der Waals surface area contributed by atoms with Crippen LogP contribution in [-0.2, 0) is 14.9 Å². The Bertz CT molecular complexity index is 1880. The summed E-state index contributed by atoms with van der Waals surface area (Å²) in [6.45, 7) is 9.12. The molecule has 0 saturated heterocycles. The predicted molar refractivity (Wildman–Crippen MR) is 190 cm³/mol. The largest absolute Gasteiger partial charge is 0.464 e. The standard InChI is InChI=1S/C33H30BrCl4F2N3O6/c1-31(2,3)17-13-21(39)26(43(29(46)47)30(48)49-32(4,5)6)24(40)25(17)42-27(44)16-12-15(8-10-19(16)35)41-28(45)23-22(33(23,37)38)14-7-9-18(34)20(36)11-14/h7-13,22-23H,1-6H3,(H,41,45)(H,42,44)(H,46,47). The second-order valence-corrected chi connectivity index (χ2v) is 16.3. The molecule has 1 aliphatic rings. The number of hydrogen-bond donors (Lipinski definition) is 3. The zero-order valence-corrected chi connectivity index (χ0v) is 31.4. The van der Waals surface area contributed by atoms with Crippen LogP contribution in [0.25, 0.3) is 0 Å². The highest BCUT2D eigenvalue weighted by Crippen LogP contribution is 2.65. The molecule has 3 aromatic carbocycles. The zero-order chi connectivity index (χ0) is 37.0. The molecule has 3 aromatic rings. The Balaban J connectivity index is 1.68. The minimum atomic E-state index is -2.03. The summed E-state index contributed by atoms with van der Waals surface area (Å²) in [5, 5.41) is 15.1. The van der Waals surface area contributed by atoms with Crippen molar-refractivity contribution in [1.29, 1.82) is 0 Å². The summed E-state index contributed by atoms with van der Waals surface area (Å²) in [5.41, 5.74) is -3.66. The number of amides is 4. The molecule has 0 aromatic heterocycles. The number of alkyl halides is 2. The molecule has 0 spiro atoms. The van der Waals surface area contributed by atoms with Gasteiger partial charge in [0.05, 0.1) is 27.2 Å². The molecule has 0 radical (unpaired) electrons. The van der Waals surface area contributed by atoms with E-state index in [0.717, 1.165) is 6.07 Å². The Morgan fingerprint density at radius 2 is 1.57 bits per heavy atom. The molecule has 4 rings (SSSR count). The van der Waals surface area contributed by atoms with Gasteiger partial charge in [0, 0.05) is 16.1 Å². The van der Waals surface area contributed by atoms with Gasteiger partial charge >= 0.3 is 12.2 Å². The summed E-state index contributed by atoms with van der Waals surface area (Å²) in [6.07, 6.45) is -3.59. The van der Waals surface area contributed by atoms with Crippen LogP contribution < -0.4 is 15.5 Å². The maximum absolute atomic E-state index is 16.3. The number of halogens is 7. The van der Waals surface area contributed by atoms with Crippen LogP contribution >= 0.6 is 62.3 Å². The van der Waals surface area contributed by atoms with Crippen molar-refractivity contribution in [3.63, 3.8) is 0 Å². The van der Waals surface area contributed by atoms with Crippen LogP contribution in [0.3, 0.4) is 0 Å². The number of carboxylic acid groups (broad SMARTS) is 1. The Labute approximate surface area is 309 Å². The van der Waals surface area contributed by atoms with Gasteiger partial charge in [-0.3, -0.25) is 9.59 Å². The highest BCUT2D eigenvalue weighted by molar-refractivity contribution is 9.10. The van der Waals surface area contributed by atoms with Crippen LogP contribution in [0.4, 0.5) is 35.4 Å². The van der Waals surface area contributed by atoms with E-state index in [1.807, 2.05) is 0 Å². The molecule has 262 valence electrons. The summed E-state index contributed by atoms with van der Waals surface area (Å²) < 4.78 is 36.0. The van der Waals surface area contributed by atoms with Gasteiger partial charge in [-0.05, 0) is 89.6 Å². The van der Waals surface area contributed by atoms with Gasteiger partial charge in [-0.25, -0.2) is 18.4 Å². The average molecular weight is 824 g/mol. The van der Waals surface area contributed by atoms with Crippen LogP contribution in [0.15, 0.2) is 46.9 Å². The van der Waals surface area contributed by atoms with Crippen LogP contribution in [0.2, 0.25) is 10.0 Å². The summed E-state index contributed by atoms with van der Waals surface area (Å²) in [7, 11) is 0. The number of ether oxygens (including phenoxy) is 1. The fourth-order valence-corrected chi connectivity index (χ4v) is 6.52. The van der Waals surface area contributed by atoms with Gasteiger partial charge in [0.15, 0.2) is 11.6 Å². The number of nitrogens with zero attached hydrogens (tertiary/aromatic N) is 1. The van der Waals surface area contributed by atoms with Crippen LogP contribution in [0, 0.1) is 17.6 Å². The molecule has 9 nitrogen and oxygen atoms in total. The summed E-state index contributed by atoms with van der Waals surface area (Å²) in [6, 6.07) is 9.84. The van der Waals surface area contributed by atoms with Gasteiger partial charge in [-0.15, -0.1) is 23.2 Å². The lowest BCUT2D eigenvalue weighted by molar-refractivity contribution is -0.117. The first-order valence-corrected chi connectivity index (χ1v) is 16.8. The van der Waals surface area contributed by atoms with E-state index in [9.17, 15) is 24.3 Å². The predicted octanol–water partition coefficient (Wildman–Crippen LogP) is 10.5. The Kier molecular flexibility index (Phi) is 10.9. The molecule has 3 N–H and O–H groups in total. The molecule has 4 amide bonds. The molecule has 2 atom stereocenters. The third-order valence-electron chi connectivity index (χ3n) is 7.35. The van der Waals surface area contributed by atoms with Gasteiger partial charge in [-0.1, -0.05) is 50.0 Å². The van der Waals surface area contributed by atoms with Crippen molar-refractivity contribution < 1.29 is 37.8 Å². The van der Waals surface area contributed by atoms with Gasteiger partial charge in [0.1, 0.15) is 15.6 Å². The van der Waals surface area contributed by atoms with Gasteiger partial charge in [0.25, 0.3) is 5.91 Å². The van der Waals surface area contributed by atoms with Gasteiger partial charge in [0.2, 0.25) is 5.91 Å². The summed E-state index contributed by atoms with van der Waals surface area (Å²) in [4.78, 5) is 51.5. The highest BCUT2D eigenvalue weighted by Gasteiger charge is 2.67. The average Bonchev–Trinajstić information content (AvgIpc) is 3.54. The topological polar surface area (TPSA) is 125 Å². The maximum Gasteiger partial charge on any atom is 0.424 e. The molecular formula is C33H30BrCl4F2N3O6. The first kappa shape index (κ1) is 38.6. The molecule has 49 heavy (non-hydrogen) atoms. The Morgan fingerprint density at radius 3 is 2.12 bits per heavy atom. The Morgan fingerprint density at radius 1 is 0.939 bits per heavy atom. The van der Waals surface area contributed by atoms with Crippen molar-refractivity contribution in [2.45, 2.75) is 62.8 Å². The number of benzene rings is 3. The number of carbonyl (C=O) groups is 4. The van der Waals surface area contributed by atoms with E-state index in [2.05, 4.69) is 26.6 Å². The molecule has 0 heterocycles. The fourth-order valence-electron chi connectivity index (χ4n) is 5.05. The summed E-state index contributed by atoms with van der Waals surface area (Å²) in [5.74, 6) is -5.99. The highest BCUT2D eigenvalue weighted by atomic mass is 79.9. The van der Waals surface area contributed by atoms with Crippen LogP contribution in [-0.4, -0.2) is 39.0 Å². The second-order valence-electron chi connectivity index (χ2n) is 13.2. The van der Waals surface area contributed by atoms with E-state index < -0.39 is 74.2 Å². The molecular weight excluding hydrogens is 794 g/mol. The van der Waals surface area contributed by atoms with Crippen molar-refractivity contribution >= 4 is 103 Å². The second kappa shape index (κ2) is 13.9. The lowest BCUT2D eigenvalue weighted by Crippen LogP contribution is -2.41. The molecule has 0 aliphatic heterocycles. The number of imide groups is 1. The molecule has 0 bridgehead atoms. The van der Waals surface area contributed by atoms with Crippen molar-refractivity contribution in [2.75, 3.05) is 15.5 Å². The zero-order valence-electron chi connectivity index (χ0n) is 26.8. The van der Waals surface area contributed by atoms with Crippen molar-refractivity contribution in [3.05, 3.63) is 85.3 Å². The van der Waals surface area contributed by atoms with E-state index in [1.165, 1.54) is 39.0 Å². The van der Waals surface area contributed by atoms with E-state index in [1.54, 1.807) is 39.0 Å². The number of anilines is 3. The Hall–Kier alpha value is -3.16. The van der Waals surface area contributed by atoms with Crippen LogP contribution in [0.1, 0.15) is 68.9 Å². The SMILES string of the molecule is CC(C)(C)OC(=O)N(C(=O)O)c1c(F)cc(C(C)(C)C)c(NC(=O)c2cc(NC(=O)C3C(c4ccc(Br)c(Cl)c4)C3(Cl)Cl)ccc2Cl)c1F. The molecule has 1 saturated carbocycles. The third-order valence-corrected chi connectivity index (χ3v) is 9.85. The van der Waals surface area contributed by atoms with E-state index in [-0.39, 0.29) is 26.7 Å². The molecule has 1 fully saturated rings. The van der Waals surface area contributed by atoms with Crippen molar-refractivity contribution in [3.8, 4) is 0 Å². The van der Waals surface area contributed by atoms with E-state index >= 15 is 8.78 Å². The number of carbonyl (C=O) groups excluding carboxylic acids is 3. The van der Waals surface area contributed by atoms with Gasteiger partial charge < -0.3 is 20.5 Å². The summed E-state index contributed by atoms with van der Waals surface area (Å²) >= 11 is 28.8. The number of hydrogen-bond acceptors (Lipinski definition) is 5. The normalized spacial score (nSPS) is 16.8. The minimum Gasteiger partial charge on any atom is -0.464 e. The van der Waals surface area contributed by atoms with E-state index in [4.69, 9.17) is 51.1 Å². The van der Waals surface area contributed by atoms with Gasteiger partial charge in [-0.2, -0.15) is 4.90 Å². The lowest BCUT2D eigenvalue weighted by Gasteiger charge is -2.28. The van der Waals surface area contributed by atoms with Crippen molar-refractivity contribution in [1.82, 2.24) is 0 Å². The molecule has 2 unspecified atom stereocenters. The first-order chi connectivity index (χ1) is 22.5. The van der Waals surface area contributed by atoms with Crippen molar-refractivity contribution in [2.24, 2.45) is 5.92 Å². The molecule has 16 heteroatoms. The first-order valence-electron chi connectivity index (χ1n) is 14.5. The fraction of sp³-hybridized carbons (Fsp3) is 0.333. The monoisotopic (exact) mass is 821 g/mol. The van der Waals surface area contributed by atoms with E-state index in [0.29, 0.717) is 15.1 Å². The minimum absolute atomic E-state index is 0.0666. The number of nitrogens with one attached hydrogen (secondary N) is 2. The maximum atomic E-state index is 16.3. The molecule has 1 aliphatic carbocycles.